The summed E-state index contributed by atoms with van der Waals surface area (Å²) in [7, 11) is 0. The molecule has 2 heteroatoms. The number of aliphatic hydroxyl groups is 1. The van der Waals surface area contributed by atoms with E-state index in [1.165, 1.54) is 0 Å². The predicted molar refractivity (Wildman–Crippen MR) is 41.1 cm³/mol. The lowest BCUT2D eigenvalue weighted by atomic mass is 10.1. The highest BCUT2D eigenvalue weighted by Crippen LogP contribution is 2.37. The molecule has 1 N–H and O–H groups in total. The van der Waals surface area contributed by atoms with E-state index in [9.17, 15) is 0 Å². The van der Waals surface area contributed by atoms with Crippen molar-refractivity contribution < 1.29 is 9.84 Å². The van der Waals surface area contributed by atoms with Crippen LogP contribution in [0.5, 0.6) is 0 Å². The topological polar surface area (TPSA) is 32.8 Å². The van der Waals surface area contributed by atoms with Crippen LogP contribution in [0.15, 0.2) is 30.3 Å². The zero-order valence-electron chi connectivity index (χ0n) is 6.10. The van der Waals surface area contributed by atoms with Crippen molar-refractivity contribution in [1.82, 2.24) is 0 Å². The van der Waals surface area contributed by atoms with Crippen molar-refractivity contribution in [3.63, 3.8) is 0 Å². The lowest BCUT2D eigenvalue weighted by molar-refractivity contribution is 0.242. The summed E-state index contributed by atoms with van der Waals surface area (Å²) in [5, 5.41) is 8.71. The molecule has 2 nitrogen and oxygen atoms in total. The molecular weight excluding hydrogens is 140 g/mol. The molecule has 0 aromatic heterocycles. The van der Waals surface area contributed by atoms with E-state index in [0.29, 0.717) is 0 Å². The molecule has 1 aliphatic heterocycles. The van der Waals surface area contributed by atoms with Crippen LogP contribution in [0, 0.1) is 0 Å². The fraction of sp³-hybridized carbons (Fsp3) is 0.333. The quantitative estimate of drug-likeness (QED) is 0.641. The molecule has 0 spiro atoms. The summed E-state index contributed by atoms with van der Waals surface area (Å²) < 4.78 is 5.20. The maximum atomic E-state index is 8.71. The molecule has 2 rings (SSSR count). The van der Waals surface area contributed by atoms with Crippen LogP contribution in [0.3, 0.4) is 0 Å². The first kappa shape index (κ1) is 6.83. The Kier molecular flexibility index (Phi) is 1.64. The molecular formula is C9H10O2. The van der Waals surface area contributed by atoms with Crippen LogP contribution in [0.2, 0.25) is 0 Å². The van der Waals surface area contributed by atoms with Crippen LogP contribution >= 0.6 is 0 Å². The third kappa shape index (κ3) is 1.27. The fourth-order valence-electron chi connectivity index (χ4n) is 1.22. The number of ether oxygens (including phenoxy) is 1. The van der Waals surface area contributed by atoms with E-state index in [2.05, 4.69) is 0 Å². The summed E-state index contributed by atoms with van der Waals surface area (Å²) in [6.45, 7) is 0.125. The Morgan fingerprint density at radius 2 is 2.00 bits per heavy atom. The van der Waals surface area contributed by atoms with Crippen molar-refractivity contribution in [3.05, 3.63) is 35.9 Å². The van der Waals surface area contributed by atoms with Gasteiger partial charge in [-0.05, 0) is 5.56 Å². The SMILES string of the molecule is OC[C@H]1O[C@@H]1c1ccccc1. The van der Waals surface area contributed by atoms with Crippen molar-refractivity contribution >= 4 is 0 Å². The van der Waals surface area contributed by atoms with Gasteiger partial charge in [-0.25, -0.2) is 0 Å². The van der Waals surface area contributed by atoms with E-state index in [1.807, 2.05) is 30.3 Å². The molecule has 0 unspecified atom stereocenters. The molecule has 11 heavy (non-hydrogen) atoms. The van der Waals surface area contributed by atoms with E-state index >= 15 is 0 Å². The van der Waals surface area contributed by atoms with E-state index in [4.69, 9.17) is 9.84 Å². The third-order valence-electron chi connectivity index (χ3n) is 1.89. The Morgan fingerprint density at radius 1 is 1.27 bits per heavy atom. The van der Waals surface area contributed by atoms with E-state index in [1.54, 1.807) is 0 Å². The Bertz CT molecular complexity index is 233. The molecule has 1 aromatic rings. The Hall–Kier alpha value is -0.860. The first-order valence-corrected chi connectivity index (χ1v) is 3.73. The van der Waals surface area contributed by atoms with Gasteiger partial charge in [-0.3, -0.25) is 0 Å². The number of aliphatic hydroxyl groups excluding tert-OH is 1. The van der Waals surface area contributed by atoms with Crippen LogP contribution in [-0.4, -0.2) is 17.8 Å². The monoisotopic (exact) mass is 150 g/mol. The van der Waals surface area contributed by atoms with Gasteiger partial charge in [-0.15, -0.1) is 0 Å². The largest absolute Gasteiger partial charge is 0.394 e. The molecule has 0 saturated carbocycles. The second-order valence-corrected chi connectivity index (χ2v) is 2.69. The molecule has 0 aliphatic carbocycles. The predicted octanol–water partition coefficient (Wildman–Crippen LogP) is 1.12. The summed E-state index contributed by atoms with van der Waals surface area (Å²) in [5.41, 5.74) is 1.16. The van der Waals surface area contributed by atoms with E-state index in [-0.39, 0.29) is 18.8 Å². The highest BCUT2D eigenvalue weighted by molar-refractivity contribution is 5.22. The molecule has 0 radical (unpaired) electrons. The molecule has 58 valence electrons. The molecule has 1 heterocycles. The standard InChI is InChI=1S/C9H10O2/c10-6-8-9(11-8)7-4-2-1-3-5-7/h1-5,8-10H,6H2/t8-,9-/m1/s1. The second-order valence-electron chi connectivity index (χ2n) is 2.69. The minimum Gasteiger partial charge on any atom is -0.394 e. The number of hydrogen-bond acceptors (Lipinski definition) is 2. The summed E-state index contributed by atoms with van der Waals surface area (Å²) in [6, 6.07) is 9.96. The Labute approximate surface area is 65.4 Å². The normalized spacial score (nSPS) is 28.5. The van der Waals surface area contributed by atoms with E-state index < -0.39 is 0 Å². The number of epoxide rings is 1. The summed E-state index contributed by atoms with van der Waals surface area (Å²) >= 11 is 0. The summed E-state index contributed by atoms with van der Waals surface area (Å²) in [4.78, 5) is 0. The maximum Gasteiger partial charge on any atom is 0.112 e. The van der Waals surface area contributed by atoms with Crippen LogP contribution in [0.1, 0.15) is 11.7 Å². The van der Waals surface area contributed by atoms with Gasteiger partial charge in [0.1, 0.15) is 12.2 Å². The van der Waals surface area contributed by atoms with Crippen molar-refractivity contribution in [3.8, 4) is 0 Å². The molecule has 1 fully saturated rings. The van der Waals surface area contributed by atoms with Crippen LogP contribution in [-0.2, 0) is 4.74 Å². The molecule has 1 aliphatic rings. The van der Waals surface area contributed by atoms with Gasteiger partial charge in [0.15, 0.2) is 0 Å². The zero-order chi connectivity index (χ0) is 7.68. The van der Waals surface area contributed by atoms with Gasteiger partial charge in [0, 0.05) is 0 Å². The Balaban J connectivity index is 2.09. The molecule has 1 saturated heterocycles. The van der Waals surface area contributed by atoms with Crippen LogP contribution < -0.4 is 0 Å². The van der Waals surface area contributed by atoms with E-state index in [0.717, 1.165) is 5.56 Å². The highest BCUT2D eigenvalue weighted by Gasteiger charge is 2.39. The third-order valence-corrected chi connectivity index (χ3v) is 1.89. The van der Waals surface area contributed by atoms with Crippen molar-refractivity contribution in [2.75, 3.05) is 6.61 Å². The average Bonchev–Trinajstić information content (AvgIpc) is 2.85. The first-order valence-electron chi connectivity index (χ1n) is 3.73. The van der Waals surface area contributed by atoms with Gasteiger partial charge in [0.05, 0.1) is 6.61 Å². The zero-order valence-corrected chi connectivity index (χ0v) is 6.10. The molecule has 0 bridgehead atoms. The van der Waals surface area contributed by atoms with Gasteiger partial charge in [-0.2, -0.15) is 0 Å². The maximum absolute atomic E-state index is 8.71. The molecule has 2 atom stereocenters. The minimum atomic E-state index is 0.0393. The Morgan fingerprint density at radius 3 is 2.55 bits per heavy atom. The van der Waals surface area contributed by atoms with Crippen molar-refractivity contribution in [1.29, 1.82) is 0 Å². The van der Waals surface area contributed by atoms with Crippen LogP contribution in [0.25, 0.3) is 0 Å². The minimum absolute atomic E-state index is 0.0393. The summed E-state index contributed by atoms with van der Waals surface area (Å²) in [6.07, 6.45) is 0.179. The van der Waals surface area contributed by atoms with Gasteiger partial charge in [-0.1, -0.05) is 30.3 Å². The molecule has 0 amide bonds. The lowest BCUT2D eigenvalue weighted by Gasteiger charge is -1.91. The smallest absolute Gasteiger partial charge is 0.112 e. The van der Waals surface area contributed by atoms with Gasteiger partial charge >= 0.3 is 0 Å². The van der Waals surface area contributed by atoms with Gasteiger partial charge in [0.2, 0.25) is 0 Å². The van der Waals surface area contributed by atoms with Gasteiger partial charge in [0.25, 0.3) is 0 Å². The fourth-order valence-corrected chi connectivity index (χ4v) is 1.22. The van der Waals surface area contributed by atoms with Gasteiger partial charge < -0.3 is 9.84 Å². The second kappa shape index (κ2) is 2.64. The van der Waals surface area contributed by atoms with Crippen molar-refractivity contribution in [2.24, 2.45) is 0 Å². The van der Waals surface area contributed by atoms with Crippen LogP contribution in [0.4, 0.5) is 0 Å². The number of hydrogen-bond donors (Lipinski definition) is 1. The highest BCUT2D eigenvalue weighted by atomic mass is 16.6. The number of rotatable bonds is 2. The first-order chi connectivity index (χ1) is 5.42. The molecule has 1 aromatic carbocycles. The lowest BCUT2D eigenvalue weighted by Crippen LogP contribution is -1.93. The summed E-state index contributed by atoms with van der Waals surface area (Å²) in [5.74, 6) is 0. The van der Waals surface area contributed by atoms with Crippen molar-refractivity contribution in [2.45, 2.75) is 12.2 Å². The number of benzene rings is 1. The average molecular weight is 150 g/mol.